The van der Waals surface area contributed by atoms with Crippen LogP contribution < -0.4 is 15.8 Å². The Morgan fingerprint density at radius 3 is 2.45 bits per heavy atom. The Bertz CT molecular complexity index is 614. The summed E-state index contributed by atoms with van der Waals surface area (Å²) in [6.07, 6.45) is 0. The minimum Gasteiger partial charge on any atom is -0.329 e. The Kier molecular flexibility index (Phi) is 4.85. The fourth-order valence-electron chi connectivity index (χ4n) is 1.46. The number of sulfonamides is 1. The van der Waals surface area contributed by atoms with Gasteiger partial charge in [-0.05, 0) is 32.0 Å². The second-order valence-electron chi connectivity index (χ2n) is 5.02. The third-order valence-electron chi connectivity index (χ3n) is 2.46. The lowest BCUT2D eigenvalue weighted by Crippen LogP contribution is -2.48. The van der Waals surface area contributed by atoms with E-state index in [2.05, 4.69) is 10.0 Å². The van der Waals surface area contributed by atoms with Crippen LogP contribution in [0.25, 0.3) is 0 Å². The molecule has 0 atom stereocenters. The van der Waals surface area contributed by atoms with Crippen molar-refractivity contribution in [1.82, 2.24) is 4.72 Å². The minimum atomic E-state index is -4.02. The molecule has 0 radical (unpaired) electrons. The molecule has 4 N–H and O–H groups in total. The van der Waals surface area contributed by atoms with Crippen molar-refractivity contribution in [3.8, 4) is 0 Å². The zero-order valence-corrected chi connectivity index (χ0v) is 12.3. The van der Waals surface area contributed by atoms with Crippen LogP contribution in [0.3, 0.4) is 0 Å². The molecular weight excluding hydrogens is 285 g/mol. The Hall–Kier alpha value is -1.51. The van der Waals surface area contributed by atoms with Crippen LogP contribution in [0.1, 0.15) is 20.8 Å². The summed E-state index contributed by atoms with van der Waals surface area (Å²) in [4.78, 5) is 10.4. The molecular formula is C12H18FN3O3S. The third kappa shape index (κ3) is 4.26. The van der Waals surface area contributed by atoms with E-state index in [0.29, 0.717) is 0 Å². The molecule has 0 unspecified atom stereocenters. The maximum Gasteiger partial charge on any atom is 0.244 e. The summed E-state index contributed by atoms with van der Waals surface area (Å²) in [5.41, 5.74) is 4.74. The van der Waals surface area contributed by atoms with Gasteiger partial charge in [0, 0.05) is 24.7 Å². The normalized spacial score (nSPS) is 12.2. The van der Waals surface area contributed by atoms with Gasteiger partial charge in [-0.15, -0.1) is 0 Å². The Morgan fingerprint density at radius 2 is 2.00 bits per heavy atom. The quantitative estimate of drug-likeness (QED) is 0.749. The Morgan fingerprint density at radius 1 is 1.40 bits per heavy atom. The summed E-state index contributed by atoms with van der Waals surface area (Å²) in [6.45, 7) is 4.52. The number of carbonyl (C=O) groups excluding carboxylic acids is 1. The highest BCUT2D eigenvalue weighted by atomic mass is 32.2. The number of halogens is 1. The van der Waals surface area contributed by atoms with Crippen LogP contribution in [-0.4, -0.2) is 26.4 Å². The number of amides is 1. The standard InChI is InChI=1S/C12H18FN3O3S/c1-8(17)15-9-4-5-11(10(13)6-9)20(18,19)16-12(2,3)7-14/h4-6,16H,7,14H2,1-3H3,(H,15,17). The van der Waals surface area contributed by atoms with Crippen LogP contribution in [0, 0.1) is 5.82 Å². The van der Waals surface area contributed by atoms with Crippen LogP contribution >= 0.6 is 0 Å². The summed E-state index contributed by atoms with van der Waals surface area (Å²) in [5.74, 6) is -1.32. The number of carbonyl (C=O) groups is 1. The first kappa shape index (κ1) is 16.5. The van der Waals surface area contributed by atoms with Crippen LogP contribution in [0.5, 0.6) is 0 Å². The summed E-state index contributed by atoms with van der Waals surface area (Å²) in [6, 6.07) is 3.36. The van der Waals surface area contributed by atoms with Crippen LogP contribution in [0.2, 0.25) is 0 Å². The molecule has 1 rings (SSSR count). The molecule has 1 amide bonds. The molecule has 6 nitrogen and oxygen atoms in total. The van der Waals surface area contributed by atoms with E-state index in [-0.39, 0.29) is 18.1 Å². The van der Waals surface area contributed by atoms with Gasteiger partial charge >= 0.3 is 0 Å². The second kappa shape index (κ2) is 5.86. The monoisotopic (exact) mass is 303 g/mol. The minimum absolute atomic E-state index is 0.0673. The van der Waals surface area contributed by atoms with E-state index < -0.39 is 26.3 Å². The zero-order valence-electron chi connectivity index (χ0n) is 11.5. The highest BCUT2D eigenvalue weighted by molar-refractivity contribution is 7.89. The smallest absolute Gasteiger partial charge is 0.244 e. The van der Waals surface area contributed by atoms with Gasteiger partial charge in [0.1, 0.15) is 10.7 Å². The van der Waals surface area contributed by atoms with Gasteiger partial charge in [-0.2, -0.15) is 0 Å². The number of nitrogens with two attached hydrogens (primary N) is 1. The summed E-state index contributed by atoms with van der Waals surface area (Å²) < 4.78 is 40.3. The van der Waals surface area contributed by atoms with Gasteiger partial charge in [-0.25, -0.2) is 17.5 Å². The number of nitrogens with one attached hydrogen (secondary N) is 2. The van der Waals surface area contributed by atoms with Crippen molar-refractivity contribution in [2.45, 2.75) is 31.2 Å². The van der Waals surface area contributed by atoms with Gasteiger partial charge < -0.3 is 11.1 Å². The lowest BCUT2D eigenvalue weighted by atomic mass is 10.1. The first-order valence-corrected chi connectivity index (χ1v) is 7.37. The third-order valence-corrected chi connectivity index (χ3v) is 4.19. The molecule has 0 aromatic heterocycles. The Balaban J connectivity index is 3.11. The topological polar surface area (TPSA) is 101 Å². The number of benzene rings is 1. The van der Waals surface area contributed by atoms with Gasteiger partial charge in [-0.3, -0.25) is 4.79 Å². The molecule has 0 bridgehead atoms. The van der Waals surface area contributed by atoms with Crippen LogP contribution in [0.15, 0.2) is 23.1 Å². The largest absolute Gasteiger partial charge is 0.329 e. The molecule has 1 aromatic carbocycles. The van der Waals surface area contributed by atoms with E-state index in [4.69, 9.17) is 5.73 Å². The highest BCUT2D eigenvalue weighted by Gasteiger charge is 2.27. The first-order valence-electron chi connectivity index (χ1n) is 5.88. The summed E-state index contributed by atoms with van der Waals surface area (Å²) in [7, 11) is -4.02. The van der Waals surface area contributed by atoms with Crippen molar-refractivity contribution in [3.05, 3.63) is 24.0 Å². The SMILES string of the molecule is CC(=O)Nc1ccc(S(=O)(=O)NC(C)(C)CN)c(F)c1. The molecule has 0 heterocycles. The molecule has 1 aromatic rings. The Labute approximate surface area is 117 Å². The predicted molar refractivity (Wildman–Crippen MR) is 74.2 cm³/mol. The molecule has 0 aliphatic heterocycles. The first-order chi connectivity index (χ1) is 9.07. The molecule has 0 aliphatic rings. The van der Waals surface area contributed by atoms with E-state index in [1.807, 2.05) is 0 Å². The van der Waals surface area contributed by atoms with Crippen molar-refractivity contribution < 1.29 is 17.6 Å². The van der Waals surface area contributed by atoms with Crippen molar-refractivity contribution in [2.24, 2.45) is 5.73 Å². The van der Waals surface area contributed by atoms with Gasteiger partial charge in [0.2, 0.25) is 15.9 Å². The van der Waals surface area contributed by atoms with Gasteiger partial charge in [0.15, 0.2) is 0 Å². The second-order valence-corrected chi connectivity index (χ2v) is 6.67. The van der Waals surface area contributed by atoms with E-state index in [9.17, 15) is 17.6 Å². The lowest BCUT2D eigenvalue weighted by Gasteiger charge is -2.24. The summed E-state index contributed by atoms with van der Waals surface area (Å²) in [5, 5.41) is 2.37. The average Bonchev–Trinajstić information content (AvgIpc) is 2.26. The number of anilines is 1. The van der Waals surface area contributed by atoms with Crippen LogP contribution in [0.4, 0.5) is 10.1 Å². The van der Waals surface area contributed by atoms with Gasteiger partial charge in [-0.1, -0.05) is 0 Å². The molecule has 112 valence electrons. The molecule has 0 fully saturated rings. The molecule has 0 saturated heterocycles. The lowest BCUT2D eigenvalue weighted by molar-refractivity contribution is -0.114. The highest BCUT2D eigenvalue weighted by Crippen LogP contribution is 2.20. The maximum absolute atomic E-state index is 13.9. The molecule has 0 saturated carbocycles. The number of rotatable bonds is 5. The van der Waals surface area contributed by atoms with Gasteiger partial charge in [0.05, 0.1) is 0 Å². The number of hydrogen-bond acceptors (Lipinski definition) is 4. The molecule has 8 heteroatoms. The summed E-state index contributed by atoms with van der Waals surface area (Å²) >= 11 is 0. The molecule has 0 spiro atoms. The molecule has 0 aliphatic carbocycles. The number of hydrogen-bond donors (Lipinski definition) is 3. The van der Waals surface area contributed by atoms with Crippen LogP contribution in [-0.2, 0) is 14.8 Å². The predicted octanol–water partition coefficient (Wildman–Crippen LogP) is 0.800. The van der Waals surface area contributed by atoms with E-state index in [1.54, 1.807) is 13.8 Å². The fourth-order valence-corrected chi connectivity index (χ4v) is 2.94. The van der Waals surface area contributed by atoms with Gasteiger partial charge in [0.25, 0.3) is 0 Å². The zero-order chi connectivity index (χ0) is 15.6. The van der Waals surface area contributed by atoms with Crippen molar-refractivity contribution in [2.75, 3.05) is 11.9 Å². The average molecular weight is 303 g/mol. The maximum atomic E-state index is 13.9. The van der Waals surface area contributed by atoms with Crippen molar-refractivity contribution in [1.29, 1.82) is 0 Å². The molecule has 20 heavy (non-hydrogen) atoms. The fraction of sp³-hybridized carbons (Fsp3) is 0.417. The van der Waals surface area contributed by atoms with E-state index in [0.717, 1.165) is 12.1 Å². The van der Waals surface area contributed by atoms with E-state index in [1.165, 1.54) is 13.0 Å². The van der Waals surface area contributed by atoms with E-state index >= 15 is 0 Å². The van der Waals surface area contributed by atoms with Crippen molar-refractivity contribution in [3.63, 3.8) is 0 Å². The van der Waals surface area contributed by atoms with Crippen molar-refractivity contribution >= 4 is 21.6 Å².